The van der Waals surface area contributed by atoms with E-state index in [-0.39, 0.29) is 5.75 Å². The number of ether oxygens (including phenoxy) is 3. The number of methoxy groups -OCH3 is 1. The lowest BCUT2D eigenvalue weighted by Gasteiger charge is -2.10. The molecule has 0 saturated heterocycles. The third-order valence-corrected chi connectivity index (χ3v) is 4.84. The summed E-state index contributed by atoms with van der Waals surface area (Å²) in [6, 6.07) is 16.6. The van der Waals surface area contributed by atoms with Crippen LogP contribution in [0.2, 0.25) is 0 Å². The highest BCUT2D eigenvalue weighted by atomic mass is 19.3. The van der Waals surface area contributed by atoms with Gasteiger partial charge in [-0.15, -0.1) is 0 Å². The smallest absolute Gasteiger partial charge is 0.387 e. The van der Waals surface area contributed by atoms with E-state index in [0.717, 1.165) is 16.8 Å². The number of hydrogen-bond acceptors (Lipinski definition) is 6. The Balaban J connectivity index is 1.36. The maximum atomic E-state index is 12.3. The Bertz CT molecular complexity index is 1360. The van der Waals surface area contributed by atoms with Crippen molar-refractivity contribution < 1.29 is 37.0 Å². The number of alkyl halides is 2. The molecule has 0 bridgehead atoms. The molecule has 0 radical (unpaired) electrons. The number of halogens is 2. The number of furan rings is 1. The normalized spacial score (nSPS) is 11.3. The summed E-state index contributed by atoms with van der Waals surface area (Å²) in [7, 11) is 1.48. The first-order valence-electron chi connectivity index (χ1n) is 10.1. The van der Waals surface area contributed by atoms with Gasteiger partial charge < -0.3 is 23.9 Å². The summed E-state index contributed by atoms with van der Waals surface area (Å²) in [5.74, 6) is -0.882. The van der Waals surface area contributed by atoms with Crippen molar-refractivity contribution in [3.63, 3.8) is 0 Å². The Morgan fingerprint density at radius 3 is 2.53 bits per heavy atom. The van der Waals surface area contributed by atoms with Gasteiger partial charge in [-0.3, -0.25) is 4.79 Å². The zero-order valence-corrected chi connectivity index (χ0v) is 17.9. The zero-order valence-electron chi connectivity index (χ0n) is 17.9. The molecule has 34 heavy (non-hydrogen) atoms. The molecule has 0 unspecified atom stereocenters. The van der Waals surface area contributed by atoms with Crippen LogP contribution in [-0.4, -0.2) is 32.2 Å². The number of amides is 1. The molecule has 1 heterocycles. The summed E-state index contributed by atoms with van der Waals surface area (Å²) in [4.78, 5) is 24.2. The predicted octanol–water partition coefficient (Wildman–Crippen LogP) is 5.39. The first-order valence-corrected chi connectivity index (χ1v) is 10.1. The summed E-state index contributed by atoms with van der Waals surface area (Å²) in [6.07, 6.45) is 2.54. The van der Waals surface area contributed by atoms with Gasteiger partial charge in [-0.05, 0) is 35.9 Å². The molecule has 1 amide bonds. The number of carbonyl (C=O) groups excluding carboxylic acids is 2. The van der Waals surface area contributed by atoms with Gasteiger partial charge in [0.05, 0.1) is 12.8 Å². The minimum absolute atomic E-state index is 0.00246. The van der Waals surface area contributed by atoms with Crippen LogP contribution in [0.25, 0.3) is 28.0 Å². The molecular weight excluding hydrogens is 448 g/mol. The Morgan fingerprint density at radius 1 is 1.03 bits per heavy atom. The second-order valence-corrected chi connectivity index (χ2v) is 7.08. The third-order valence-electron chi connectivity index (χ3n) is 4.84. The van der Waals surface area contributed by atoms with Crippen molar-refractivity contribution >= 4 is 45.6 Å². The van der Waals surface area contributed by atoms with Crippen LogP contribution < -0.4 is 14.8 Å². The number of nitrogens with one attached hydrogen (secondary N) is 1. The van der Waals surface area contributed by atoms with Crippen LogP contribution in [0.3, 0.4) is 0 Å². The molecule has 4 aromatic rings. The van der Waals surface area contributed by atoms with Crippen LogP contribution in [0.5, 0.6) is 11.5 Å². The van der Waals surface area contributed by atoms with E-state index < -0.39 is 25.1 Å². The van der Waals surface area contributed by atoms with E-state index in [1.807, 2.05) is 24.3 Å². The van der Waals surface area contributed by atoms with Crippen molar-refractivity contribution in [2.75, 3.05) is 19.0 Å². The van der Waals surface area contributed by atoms with E-state index in [1.165, 1.54) is 37.5 Å². The summed E-state index contributed by atoms with van der Waals surface area (Å²) < 4.78 is 44.8. The minimum Gasteiger partial charge on any atom is -0.495 e. The van der Waals surface area contributed by atoms with Gasteiger partial charge in [0.2, 0.25) is 0 Å². The fraction of sp³-hybridized carbons (Fsp3) is 0.120. The van der Waals surface area contributed by atoms with E-state index in [4.69, 9.17) is 13.9 Å². The Hall–Kier alpha value is -4.40. The number of hydrogen-bond donors (Lipinski definition) is 1. The molecule has 0 aliphatic carbocycles. The number of rotatable bonds is 8. The maximum Gasteiger partial charge on any atom is 0.387 e. The summed E-state index contributed by atoms with van der Waals surface area (Å²) in [5.41, 5.74) is 2.21. The summed E-state index contributed by atoms with van der Waals surface area (Å²) in [5, 5.41) is 4.41. The third kappa shape index (κ3) is 5.32. The fourth-order valence-electron chi connectivity index (χ4n) is 3.31. The molecule has 9 heteroatoms. The molecule has 0 saturated carbocycles. The Morgan fingerprint density at radius 2 is 1.79 bits per heavy atom. The second kappa shape index (κ2) is 10.0. The monoisotopic (exact) mass is 467 g/mol. The average molecular weight is 467 g/mol. The van der Waals surface area contributed by atoms with Crippen molar-refractivity contribution in [2.24, 2.45) is 0 Å². The van der Waals surface area contributed by atoms with Crippen molar-refractivity contribution in [1.82, 2.24) is 0 Å². The van der Waals surface area contributed by atoms with Gasteiger partial charge in [0, 0.05) is 22.9 Å². The summed E-state index contributed by atoms with van der Waals surface area (Å²) >= 11 is 0. The molecule has 0 aliphatic rings. The lowest BCUT2D eigenvalue weighted by Crippen LogP contribution is -2.20. The van der Waals surface area contributed by atoms with E-state index in [0.29, 0.717) is 28.2 Å². The molecular formula is C25H19F2NO6. The predicted molar refractivity (Wildman–Crippen MR) is 122 cm³/mol. The SMILES string of the molecule is COc1cc2c(cc1NC(=O)COC(=O)/C=C/c1ccc(OC(F)F)cc1)oc1ccccc12. The van der Waals surface area contributed by atoms with Crippen molar-refractivity contribution in [2.45, 2.75) is 6.61 Å². The Kier molecular flexibility index (Phi) is 6.72. The van der Waals surface area contributed by atoms with Gasteiger partial charge in [0.25, 0.3) is 5.91 Å². The average Bonchev–Trinajstić information content (AvgIpc) is 3.18. The lowest BCUT2D eigenvalue weighted by atomic mass is 10.1. The number of para-hydroxylation sites is 1. The second-order valence-electron chi connectivity index (χ2n) is 7.08. The van der Waals surface area contributed by atoms with E-state index >= 15 is 0 Å². The van der Waals surface area contributed by atoms with Gasteiger partial charge in [0.15, 0.2) is 6.61 Å². The van der Waals surface area contributed by atoms with Crippen molar-refractivity contribution in [3.8, 4) is 11.5 Å². The largest absolute Gasteiger partial charge is 0.495 e. The van der Waals surface area contributed by atoms with E-state index in [1.54, 1.807) is 12.1 Å². The fourth-order valence-corrected chi connectivity index (χ4v) is 3.31. The molecule has 0 spiro atoms. The molecule has 0 aliphatic heterocycles. The van der Waals surface area contributed by atoms with Crippen LogP contribution in [0.1, 0.15) is 5.56 Å². The topological polar surface area (TPSA) is 87.0 Å². The number of anilines is 1. The van der Waals surface area contributed by atoms with Crippen molar-refractivity contribution in [1.29, 1.82) is 0 Å². The van der Waals surface area contributed by atoms with Gasteiger partial charge in [-0.25, -0.2) is 4.79 Å². The molecule has 174 valence electrons. The van der Waals surface area contributed by atoms with Gasteiger partial charge >= 0.3 is 12.6 Å². The van der Waals surface area contributed by atoms with Crippen LogP contribution in [0, 0.1) is 0 Å². The molecule has 0 fully saturated rings. The standard InChI is InChI=1S/C25H19F2NO6/c1-31-22-12-18-17-4-2-3-5-20(17)34-21(18)13-19(22)28-23(29)14-32-24(30)11-8-15-6-9-16(10-7-15)33-25(26)27/h2-13,25H,14H2,1H3,(H,28,29)/b11-8+. The number of fused-ring (bicyclic) bond motifs is 3. The summed E-state index contributed by atoms with van der Waals surface area (Å²) in [6.45, 7) is -3.44. The molecule has 1 aromatic heterocycles. The number of esters is 1. The molecule has 3 aromatic carbocycles. The highest BCUT2D eigenvalue weighted by molar-refractivity contribution is 6.08. The van der Waals surface area contributed by atoms with Crippen LogP contribution in [-0.2, 0) is 14.3 Å². The van der Waals surface area contributed by atoms with Gasteiger partial charge in [-0.2, -0.15) is 8.78 Å². The zero-order chi connectivity index (χ0) is 24.1. The van der Waals surface area contributed by atoms with Gasteiger partial charge in [0.1, 0.15) is 22.7 Å². The number of benzene rings is 3. The van der Waals surface area contributed by atoms with Gasteiger partial charge in [-0.1, -0.05) is 30.3 Å². The molecule has 0 atom stereocenters. The maximum absolute atomic E-state index is 12.3. The van der Waals surface area contributed by atoms with Crippen molar-refractivity contribution in [3.05, 3.63) is 72.3 Å². The minimum atomic E-state index is -2.91. The highest BCUT2D eigenvalue weighted by Gasteiger charge is 2.15. The van der Waals surface area contributed by atoms with Crippen LogP contribution in [0.15, 0.2) is 71.2 Å². The van der Waals surface area contributed by atoms with E-state index in [2.05, 4.69) is 10.1 Å². The Labute approximate surface area is 192 Å². The lowest BCUT2D eigenvalue weighted by molar-refractivity contribution is -0.142. The first-order chi connectivity index (χ1) is 16.4. The highest BCUT2D eigenvalue weighted by Crippen LogP contribution is 2.36. The quantitative estimate of drug-likeness (QED) is 0.276. The first kappa shape index (κ1) is 22.8. The van der Waals surface area contributed by atoms with Crippen LogP contribution >= 0.6 is 0 Å². The number of carbonyl (C=O) groups is 2. The molecule has 7 nitrogen and oxygen atoms in total. The molecule has 4 rings (SSSR count). The molecule has 1 N–H and O–H groups in total. The van der Waals surface area contributed by atoms with Crippen LogP contribution in [0.4, 0.5) is 14.5 Å². The van der Waals surface area contributed by atoms with E-state index in [9.17, 15) is 18.4 Å².